The Morgan fingerprint density at radius 3 is 2.21 bits per heavy atom. The lowest BCUT2D eigenvalue weighted by Gasteiger charge is -2.34. The van der Waals surface area contributed by atoms with E-state index < -0.39 is 28.5 Å². The van der Waals surface area contributed by atoms with Crippen LogP contribution in [0.25, 0.3) is 0 Å². The molecule has 0 heterocycles. The maximum atomic E-state index is 14.2. The summed E-state index contributed by atoms with van der Waals surface area (Å²) in [6.07, 6.45) is 1.92. The molecule has 224 valence electrons. The van der Waals surface area contributed by atoms with E-state index in [1.54, 1.807) is 37.4 Å². The van der Waals surface area contributed by atoms with Crippen molar-refractivity contribution in [3.8, 4) is 5.75 Å². The van der Waals surface area contributed by atoms with Crippen LogP contribution in [0.3, 0.4) is 0 Å². The predicted molar refractivity (Wildman–Crippen MR) is 164 cm³/mol. The lowest BCUT2D eigenvalue weighted by molar-refractivity contribution is -0.140. The number of methoxy groups -OCH3 is 1. The van der Waals surface area contributed by atoms with Crippen molar-refractivity contribution >= 4 is 33.3 Å². The van der Waals surface area contributed by atoms with Crippen LogP contribution in [0.2, 0.25) is 0 Å². The van der Waals surface area contributed by atoms with Crippen molar-refractivity contribution in [3.05, 3.63) is 95.6 Å². The van der Waals surface area contributed by atoms with Gasteiger partial charge in [0, 0.05) is 24.6 Å². The molecule has 10 heteroatoms. The molecule has 3 aromatic rings. The summed E-state index contributed by atoms with van der Waals surface area (Å²) in [7, 11) is -2.41. The molecule has 0 aromatic heterocycles. The van der Waals surface area contributed by atoms with E-state index in [4.69, 9.17) is 4.74 Å². The van der Waals surface area contributed by atoms with Gasteiger partial charge in [0.15, 0.2) is 5.78 Å². The van der Waals surface area contributed by atoms with Gasteiger partial charge >= 0.3 is 0 Å². The van der Waals surface area contributed by atoms with Gasteiger partial charge in [0.25, 0.3) is 0 Å². The van der Waals surface area contributed by atoms with Gasteiger partial charge in [0.05, 0.1) is 19.1 Å². The lowest BCUT2D eigenvalue weighted by atomic mass is 10.0. The zero-order chi connectivity index (χ0) is 30.9. The van der Waals surface area contributed by atoms with Crippen LogP contribution in [0.4, 0.5) is 5.69 Å². The second kappa shape index (κ2) is 14.6. The van der Waals surface area contributed by atoms with E-state index in [-0.39, 0.29) is 36.4 Å². The van der Waals surface area contributed by atoms with Crippen LogP contribution in [-0.4, -0.2) is 62.9 Å². The van der Waals surface area contributed by atoms with Gasteiger partial charge < -0.3 is 15.0 Å². The van der Waals surface area contributed by atoms with E-state index in [0.29, 0.717) is 23.3 Å². The van der Waals surface area contributed by atoms with Crippen LogP contribution < -0.4 is 14.4 Å². The maximum Gasteiger partial charge on any atom is 0.244 e. The Morgan fingerprint density at radius 2 is 1.60 bits per heavy atom. The predicted octanol–water partition coefficient (Wildman–Crippen LogP) is 4.22. The number of carbonyl (C=O) groups excluding carboxylic acids is 3. The number of amides is 2. The Morgan fingerprint density at radius 1 is 0.929 bits per heavy atom. The van der Waals surface area contributed by atoms with Gasteiger partial charge in [-0.15, -0.1) is 0 Å². The minimum Gasteiger partial charge on any atom is -0.497 e. The topological polar surface area (TPSA) is 113 Å². The molecule has 42 heavy (non-hydrogen) atoms. The molecule has 2 atom stereocenters. The summed E-state index contributed by atoms with van der Waals surface area (Å²) >= 11 is 0. The Bertz CT molecular complexity index is 1490. The zero-order valence-electron chi connectivity index (χ0n) is 24.7. The first-order valence-corrected chi connectivity index (χ1v) is 15.6. The SMILES string of the molecule is CCC(C)NC(=O)C(Cc1ccccc1)N(Cc1cccc(OC)c1)C(=O)CN(c1cccc(C(C)=O)c1)S(C)(=O)=O. The van der Waals surface area contributed by atoms with Crippen molar-refractivity contribution in [1.29, 1.82) is 0 Å². The maximum absolute atomic E-state index is 14.2. The summed E-state index contributed by atoms with van der Waals surface area (Å²) in [5.41, 5.74) is 2.06. The minimum absolute atomic E-state index is 0.0343. The number of Topliss-reactive ketones (excluding diaryl/α,β-unsaturated/α-hetero) is 1. The molecule has 3 aromatic carbocycles. The molecular weight excluding hydrogens is 554 g/mol. The average molecular weight is 594 g/mol. The number of rotatable bonds is 14. The molecule has 1 N–H and O–H groups in total. The molecule has 0 bridgehead atoms. The number of ether oxygens (including phenoxy) is 1. The van der Waals surface area contributed by atoms with Crippen molar-refractivity contribution in [2.24, 2.45) is 0 Å². The fraction of sp³-hybridized carbons (Fsp3) is 0.344. The van der Waals surface area contributed by atoms with Crippen LogP contribution in [0.1, 0.15) is 48.7 Å². The van der Waals surface area contributed by atoms with E-state index >= 15 is 0 Å². The van der Waals surface area contributed by atoms with Gasteiger partial charge in [-0.25, -0.2) is 8.42 Å². The highest BCUT2D eigenvalue weighted by Crippen LogP contribution is 2.23. The van der Waals surface area contributed by atoms with Crippen molar-refractivity contribution in [1.82, 2.24) is 10.2 Å². The summed E-state index contributed by atoms with van der Waals surface area (Å²) in [6.45, 7) is 4.70. The van der Waals surface area contributed by atoms with Crippen molar-refractivity contribution in [2.75, 3.05) is 24.2 Å². The number of anilines is 1. The Hall–Kier alpha value is -4.18. The Labute approximate surface area is 248 Å². The van der Waals surface area contributed by atoms with Gasteiger partial charge in [-0.1, -0.05) is 61.5 Å². The number of nitrogens with one attached hydrogen (secondary N) is 1. The fourth-order valence-corrected chi connectivity index (χ4v) is 5.30. The smallest absolute Gasteiger partial charge is 0.244 e. The van der Waals surface area contributed by atoms with Crippen LogP contribution in [0.5, 0.6) is 5.75 Å². The van der Waals surface area contributed by atoms with E-state index in [1.807, 2.05) is 50.2 Å². The van der Waals surface area contributed by atoms with Crippen LogP contribution in [-0.2, 0) is 32.6 Å². The Balaban J connectivity index is 2.09. The van der Waals surface area contributed by atoms with Crippen LogP contribution in [0, 0.1) is 0 Å². The third-order valence-corrected chi connectivity index (χ3v) is 8.12. The van der Waals surface area contributed by atoms with E-state index in [2.05, 4.69) is 5.32 Å². The first-order valence-electron chi connectivity index (χ1n) is 13.8. The molecular formula is C32H39N3O6S. The first kappa shape index (κ1) is 32.3. The summed E-state index contributed by atoms with van der Waals surface area (Å²) in [6, 6.07) is 21.6. The largest absolute Gasteiger partial charge is 0.497 e. The van der Waals surface area contributed by atoms with Crippen molar-refractivity contribution in [3.63, 3.8) is 0 Å². The van der Waals surface area contributed by atoms with Gasteiger partial charge in [-0.05, 0) is 55.7 Å². The highest BCUT2D eigenvalue weighted by atomic mass is 32.2. The van der Waals surface area contributed by atoms with E-state index in [1.165, 1.54) is 24.0 Å². The molecule has 2 unspecified atom stereocenters. The summed E-state index contributed by atoms with van der Waals surface area (Å²) < 4.78 is 32.3. The molecule has 0 radical (unpaired) electrons. The number of hydrogen-bond donors (Lipinski definition) is 1. The monoisotopic (exact) mass is 593 g/mol. The molecule has 0 saturated carbocycles. The normalized spacial score (nSPS) is 12.6. The molecule has 2 amide bonds. The summed E-state index contributed by atoms with van der Waals surface area (Å²) in [5, 5.41) is 3.00. The average Bonchev–Trinajstić information content (AvgIpc) is 2.97. The minimum atomic E-state index is -3.95. The summed E-state index contributed by atoms with van der Waals surface area (Å²) in [5.74, 6) is -0.561. The fourth-order valence-electron chi connectivity index (χ4n) is 4.46. The molecule has 3 rings (SSSR count). The molecule has 0 saturated heterocycles. The van der Waals surface area contributed by atoms with Gasteiger partial charge in [-0.3, -0.25) is 18.7 Å². The Kier molecular flexibility index (Phi) is 11.3. The number of nitrogens with zero attached hydrogens (tertiary/aromatic N) is 2. The van der Waals surface area contributed by atoms with Crippen molar-refractivity contribution in [2.45, 2.75) is 52.2 Å². The number of sulfonamides is 1. The third kappa shape index (κ3) is 8.91. The van der Waals surface area contributed by atoms with Gasteiger partial charge in [-0.2, -0.15) is 0 Å². The molecule has 0 aliphatic heterocycles. The lowest BCUT2D eigenvalue weighted by Crippen LogP contribution is -2.54. The molecule has 0 aliphatic rings. The quantitative estimate of drug-likeness (QED) is 0.280. The highest BCUT2D eigenvalue weighted by Gasteiger charge is 2.33. The van der Waals surface area contributed by atoms with E-state index in [9.17, 15) is 22.8 Å². The number of hydrogen-bond acceptors (Lipinski definition) is 6. The highest BCUT2D eigenvalue weighted by molar-refractivity contribution is 7.92. The van der Waals surface area contributed by atoms with Crippen LogP contribution >= 0.6 is 0 Å². The van der Waals surface area contributed by atoms with Crippen LogP contribution in [0.15, 0.2) is 78.9 Å². The molecule has 0 spiro atoms. The van der Waals surface area contributed by atoms with Gasteiger partial charge in [0.2, 0.25) is 21.8 Å². The number of benzene rings is 3. The molecule has 0 fully saturated rings. The zero-order valence-corrected chi connectivity index (χ0v) is 25.6. The molecule has 0 aliphatic carbocycles. The first-order chi connectivity index (χ1) is 19.9. The van der Waals surface area contributed by atoms with Crippen molar-refractivity contribution < 1.29 is 27.5 Å². The third-order valence-electron chi connectivity index (χ3n) is 6.98. The molecule has 9 nitrogen and oxygen atoms in total. The second-order valence-electron chi connectivity index (χ2n) is 10.3. The summed E-state index contributed by atoms with van der Waals surface area (Å²) in [4.78, 5) is 41.4. The van der Waals surface area contributed by atoms with E-state index in [0.717, 1.165) is 16.1 Å². The van der Waals surface area contributed by atoms with Gasteiger partial charge in [0.1, 0.15) is 18.3 Å². The standard InChI is InChI=1S/C32H39N3O6S/c1-6-23(2)33-32(38)30(19-25-12-8-7-9-13-25)34(21-26-14-10-17-29(18-26)41-4)31(37)22-35(42(5,39)40)28-16-11-15-27(20-28)24(3)36/h7-18,20,23,30H,6,19,21-22H2,1-5H3,(H,33,38). The number of ketones is 1. The second-order valence-corrected chi connectivity index (χ2v) is 12.2. The number of carbonyl (C=O) groups is 3.